The first-order valence-electron chi connectivity index (χ1n) is 11.1. The lowest BCUT2D eigenvalue weighted by Crippen LogP contribution is -2.04. The third-order valence-electron chi connectivity index (χ3n) is 5.90. The largest absolute Gasteiger partial charge is 0.478 e. The molecule has 2 aliphatic rings. The molecule has 8 heteroatoms. The Morgan fingerprint density at radius 2 is 1.14 bits per heavy atom. The molecule has 174 valence electrons. The summed E-state index contributed by atoms with van der Waals surface area (Å²) in [7, 11) is 0. The average Bonchev–Trinajstić information content (AvgIpc) is 3.64. The van der Waals surface area contributed by atoms with Crippen molar-refractivity contribution in [3.63, 3.8) is 0 Å². The summed E-state index contributed by atoms with van der Waals surface area (Å²) in [6, 6.07) is 19.6. The highest BCUT2D eigenvalue weighted by atomic mass is 16.4. The molecule has 2 aliphatic heterocycles. The number of nitrogens with zero attached hydrogens (tertiary/aromatic N) is 2. The molecule has 36 heavy (non-hydrogen) atoms. The highest BCUT2D eigenvalue weighted by Crippen LogP contribution is 2.31. The summed E-state index contributed by atoms with van der Waals surface area (Å²) in [4.78, 5) is 39.5. The Bertz CT molecular complexity index is 1780. The van der Waals surface area contributed by atoms with E-state index in [2.05, 4.69) is 15.0 Å². The fraction of sp³-hybridized carbons (Fsp3) is 0. The molecule has 0 saturated heterocycles. The molecule has 8 bridgehead atoms. The number of nitrogens with one attached hydrogen (secondary N) is 2. The summed E-state index contributed by atoms with van der Waals surface area (Å²) >= 11 is 0. The van der Waals surface area contributed by atoms with Gasteiger partial charge in [-0.05, 0) is 90.5 Å². The van der Waals surface area contributed by atoms with Gasteiger partial charge in [-0.25, -0.2) is 19.6 Å². The molecule has 3 aromatic heterocycles. The number of fused-ring (bicyclic) bond motifs is 8. The van der Waals surface area contributed by atoms with Crippen molar-refractivity contribution >= 4 is 57.8 Å². The normalized spacial score (nSPS) is 12.4. The summed E-state index contributed by atoms with van der Waals surface area (Å²) in [6.07, 6.45) is 5.58. The van der Waals surface area contributed by atoms with Gasteiger partial charge in [0.1, 0.15) is 0 Å². The Morgan fingerprint density at radius 1 is 0.611 bits per heavy atom. The van der Waals surface area contributed by atoms with Crippen LogP contribution in [0.1, 0.15) is 49.1 Å². The van der Waals surface area contributed by atoms with Crippen LogP contribution in [0.15, 0.2) is 66.7 Å². The molecular weight excluding hydrogens is 456 g/mol. The van der Waals surface area contributed by atoms with Gasteiger partial charge in [0.15, 0.2) is 0 Å². The number of aromatic carboxylic acids is 2. The zero-order valence-electron chi connectivity index (χ0n) is 18.7. The Kier molecular flexibility index (Phi) is 4.86. The van der Waals surface area contributed by atoms with Crippen LogP contribution < -0.4 is 0 Å². The summed E-state index contributed by atoms with van der Waals surface area (Å²) in [5.74, 6) is -2.41. The van der Waals surface area contributed by atoms with Gasteiger partial charge in [0.05, 0.1) is 33.9 Å². The minimum atomic E-state index is -1.21. The van der Waals surface area contributed by atoms with Crippen molar-refractivity contribution in [2.24, 2.45) is 0 Å². The van der Waals surface area contributed by atoms with Gasteiger partial charge in [-0.3, -0.25) is 0 Å². The number of carboxylic acid groups (broad SMARTS) is 2. The van der Waals surface area contributed by atoms with Crippen molar-refractivity contribution in [1.29, 1.82) is 0 Å². The standard InChI is InChI=1S/C28H18N4O4/c33-27(34)16-7-15(8-17(9-16)28(35)36)25-13-24-12-22-4-3-20(30-22)10-18-1-2-19(29-18)11-21-5-6-23(31-21)14-26(25)32-24/h1-14,29-30H,(H,33,34)(H,35,36). The zero-order chi connectivity index (χ0) is 24.8. The average molecular weight is 474 g/mol. The molecule has 6 rings (SSSR count). The maximum Gasteiger partial charge on any atom is 0.335 e. The van der Waals surface area contributed by atoms with E-state index in [9.17, 15) is 19.8 Å². The minimum absolute atomic E-state index is 0.112. The van der Waals surface area contributed by atoms with Crippen LogP contribution in [0.2, 0.25) is 0 Å². The van der Waals surface area contributed by atoms with Gasteiger partial charge < -0.3 is 20.2 Å². The smallest absolute Gasteiger partial charge is 0.335 e. The van der Waals surface area contributed by atoms with E-state index < -0.39 is 11.9 Å². The Morgan fingerprint density at radius 3 is 1.72 bits per heavy atom. The van der Waals surface area contributed by atoms with Crippen molar-refractivity contribution in [3.05, 3.63) is 106 Å². The molecular formula is C28H18N4O4. The molecule has 0 atom stereocenters. The molecule has 0 unspecified atom stereocenters. The van der Waals surface area contributed by atoms with Crippen molar-refractivity contribution < 1.29 is 19.8 Å². The molecule has 4 aromatic rings. The summed E-state index contributed by atoms with van der Waals surface area (Å²) in [6.45, 7) is 0. The molecule has 0 radical (unpaired) electrons. The van der Waals surface area contributed by atoms with Crippen LogP contribution in [0.4, 0.5) is 0 Å². The summed E-state index contributed by atoms with van der Waals surface area (Å²) < 4.78 is 0. The molecule has 0 amide bonds. The van der Waals surface area contributed by atoms with Crippen LogP contribution in [0.25, 0.3) is 45.9 Å². The van der Waals surface area contributed by atoms with Crippen molar-refractivity contribution in [3.8, 4) is 0 Å². The summed E-state index contributed by atoms with van der Waals surface area (Å²) in [5, 5.41) is 19.1. The second kappa shape index (κ2) is 8.21. The molecule has 0 aliphatic carbocycles. The molecule has 0 spiro atoms. The lowest BCUT2D eigenvalue weighted by atomic mass is 9.97. The second-order valence-corrected chi connectivity index (χ2v) is 8.50. The first kappa shape index (κ1) is 21.3. The van der Waals surface area contributed by atoms with Gasteiger partial charge in [0, 0.05) is 27.6 Å². The van der Waals surface area contributed by atoms with Crippen molar-refractivity contribution in [2.45, 2.75) is 0 Å². The lowest BCUT2D eigenvalue weighted by molar-refractivity contribution is 0.0696. The van der Waals surface area contributed by atoms with Crippen LogP contribution in [-0.4, -0.2) is 42.1 Å². The number of aromatic nitrogens is 4. The number of hydrogen-bond donors (Lipinski definition) is 4. The predicted octanol–water partition coefficient (Wildman–Crippen LogP) is 5.47. The fourth-order valence-corrected chi connectivity index (χ4v) is 4.28. The van der Waals surface area contributed by atoms with E-state index in [0.717, 1.165) is 33.8 Å². The van der Waals surface area contributed by atoms with E-state index in [1.165, 1.54) is 12.1 Å². The topological polar surface area (TPSA) is 132 Å². The number of benzene rings is 1. The number of carboxylic acids is 2. The molecule has 4 N–H and O–H groups in total. The predicted molar refractivity (Wildman–Crippen MR) is 137 cm³/mol. The number of rotatable bonds is 3. The lowest BCUT2D eigenvalue weighted by Gasteiger charge is -2.06. The highest BCUT2D eigenvalue weighted by molar-refractivity contribution is 5.99. The van der Waals surface area contributed by atoms with Gasteiger partial charge in [-0.1, -0.05) is 0 Å². The van der Waals surface area contributed by atoms with E-state index in [1.54, 1.807) is 6.07 Å². The van der Waals surface area contributed by atoms with Crippen LogP contribution in [0.3, 0.4) is 0 Å². The van der Waals surface area contributed by atoms with E-state index >= 15 is 0 Å². The van der Waals surface area contributed by atoms with Gasteiger partial charge in [-0.2, -0.15) is 0 Å². The quantitative estimate of drug-likeness (QED) is 0.269. The number of carbonyl (C=O) groups is 2. The second-order valence-electron chi connectivity index (χ2n) is 8.50. The first-order chi connectivity index (χ1) is 17.4. The van der Waals surface area contributed by atoms with Gasteiger partial charge in [0.25, 0.3) is 0 Å². The molecule has 0 saturated carbocycles. The Labute approximate surface area is 204 Å². The van der Waals surface area contributed by atoms with E-state index in [-0.39, 0.29) is 11.1 Å². The van der Waals surface area contributed by atoms with Crippen LogP contribution in [-0.2, 0) is 0 Å². The van der Waals surface area contributed by atoms with Crippen LogP contribution in [0.5, 0.6) is 0 Å². The SMILES string of the molecule is O=C(O)c1cc(C(=O)O)cc(C2=Cc3cc4ccc(cc5ccc(cc6nc(cc2n3)C=C6)[nH]5)[nH]4)c1. The Hall–Kier alpha value is -5.24. The van der Waals surface area contributed by atoms with Gasteiger partial charge in [-0.15, -0.1) is 0 Å². The molecule has 0 fully saturated rings. The fourth-order valence-electron chi connectivity index (χ4n) is 4.28. The first-order valence-corrected chi connectivity index (χ1v) is 11.1. The Balaban J connectivity index is 1.62. The van der Waals surface area contributed by atoms with E-state index in [4.69, 9.17) is 4.98 Å². The van der Waals surface area contributed by atoms with Gasteiger partial charge in [0.2, 0.25) is 0 Å². The van der Waals surface area contributed by atoms with E-state index in [1.807, 2.05) is 60.7 Å². The molecule has 5 heterocycles. The maximum atomic E-state index is 11.7. The number of H-pyrrole nitrogens is 2. The number of aromatic amines is 2. The van der Waals surface area contributed by atoms with Gasteiger partial charge >= 0.3 is 11.9 Å². The highest BCUT2D eigenvalue weighted by Gasteiger charge is 2.18. The summed E-state index contributed by atoms with van der Waals surface area (Å²) in [5.41, 5.74) is 7.07. The third kappa shape index (κ3) is 4.07. The maximum absolute atomic E-state index is 11.7. The van der Waals surface area contributed by atoms with Crippen LogP contribution in [0, 0.1) is 0 Å². The monoisotopic (exact) mass is 474 g/mol. The number of hydrogen-bond acceptors (Lipinski definition) is 4. The van der Waals surface area contributed by atoms with Crippen molar-refractivity contribution in [1.82, 2.24) is 19.9 Å². The molecule has 1 aromatic carbocycles. The third-order valence-corrected chi connectivity index (χ3v) is 5.90. The minimum Gasteiger partial charge on any atom is -0.478 e. The zero-order valence-corrected chi connectivity index (χ0v) is 18.7. The van der Waals surface area contributed by atoms with Crippen molar-refractivity contribution in [2.75, 3.05) is 0 Å². The van der Waals surface area contributed by atoms with Crippen LogP contribution >= 0.6 is 0 Å². The molecule has 8 nitrogen and oxygen atoms in total. The van der Waals surface area contributed by atoms with E-state index in [0.29, 0.717) is 28.2 Å².